The fourth-order valence-corrected chi connectivity index (χ4v) is 6.23. The third-order valence-corrected chi connectivity index (χ3v) is 8.19. The summed E-state index contributed by atoms with van der Waals surface area (Å²) >= 11 is 0. The molecule has 0 spiro atoms. The molecule has 1 unspecified atom stereocenters. The highest BCUT2D eigenvalue weighted by atomic mass is 32.2. The number of alkyl halides is 3. The predicted octanol–water partition coefficient (Wildman–Crippen LogP) is 7.28. The van der Waals surface area contributed by atoms with Crippen LogP contribution in [0.5, 0.6) is 5.75 Å². The summed E-state index contributed by atoms with van der Waals surface area (Å²) in [6.45, 7) is 5.39. The third-order valence-electron chi connectivity index (χ3n) is 5.07. The first-order chi connectivity index (χ1) is 18.5. The van der Waals surface area contributed by atoms with Gasteiger partial charge in [0.15, 0.2) is 14.7 Å². The SMILES string of the molecule is C=COC(C)Oc1ccc([S+](c2ccccc2)c2ccccc2)cc1.O=S(=O)([O-])c1ccccc1C(F)(F)F. The lowest BCUT2D eigenvalue weighted by atomic mass is 10.2. The summed E-state index contributed by atoms with van der Waals surface area (Å²) in [4.78, 5) is 2.60. The van der Waals surface area contributed by atoms with Crippen molar-refractivity contribution in [2.24, 2.45) is 0 Å². The third kappa shape index (κ3) is 8.64. The quantitative estimate of drug-likeness (QED) is 0.0957. The zero-order valence-corrected chi connectivity index (χ0v) is 22.4. The summed E-state index contributed by atoms with van der Waals surface area (Å²) < 4.78 is 78.8. The molecular weight excluding hydrogens is 549 g/mol. The van der Waals surface area contributed by atoms with Crippen molar-refractivity contribution in [3.05, 3.63) is 128 Å². The van der Waals surface area contributed by atoms with E-state index in [4.69, 9.17) is 9.47 Å². The van der Waals surface area contributed by atoms with Gasteiger partial charge in [-0.2, -0.15) is 13.2 Å². The van der Waals surface area contributed by atoms with E-state index in [0.717, 1.165) is 17.9 Å². The van der Waals surface area contributed by atoms with E-state index in [1.807, 2.05) is 31.2 Å². The Morgan fingerprint density at radius 3 is 1.69 bits per heavy atom. The number of rotatable bonds is 8. The van der Waals surface area contributed by atoms with Gasteiger partial charge in [-0.15, -0.1) is 0 Å². The first-order valence-corrected chi connectivity index (χ1v) is 14.1. The normalized spacial score (nSPS) is 12.2. The number of ether oxygens (including phenoxy) is 2. The van der Waals surface area contributed by atoms with Crippen LogP contribution in [0.2, 0.25) is 0 Å². The second kappa shape index (κ2) is 13.4. The van der Waals surface area contributed by atoms with Gasteiger partial charge in [0.25, 0.3) is 0 Å². The van der Waals surface area contributed by atoms with E-state index in [1.54, 1.807) is 0 Å². The van der Waals surface area contributed by atoms with Crippen molar-refractivity contribution < 1.29 is 35.6 Å². The van der Waals surface area contributed by atoms with E-state index >= 15 is 0 Å². The molecule has 39 heavy (non-hydrogen) atoms. The first kappa shape index (κ1) is 29.8. The molecule has 10 heteroatoms. The minimum absolute atomic E-state index is 0.142. The number of hydrogen-bond donors (Lipinski definition) is 0. The summed E-state index contributed by atoms with van der Waals surface area (Å²) in [6.07, 6.45) is -3.81. The van der Waals surface area contributed by atoms with Crippen LogP contribution in [0, 0.1) is 0 Å². The molecule has 0 aliphatic carbocycles. The molecule has 0 aliphatic rings. The van der Waals surface area contributed by atoms with Crippen molar-refractivity contribution >= 4 is 21.0 Å². The topological polar surface area (TPSA) is 75.7 Å². The smallest absolute Gasteiger partial charge is 0.417 e. The molecule has 4 rings (SSSR count). The molecule has 0 heterocycles. The number of benzene rings is 4. The fourth-order valence-electron chi connectivity index (χ4n) is 3.45. The highest BCUT2D eigenvalue weighted by Crippen LogP contribution is 2.34. The molecule has 0 N–H and O–H groups in total. The molecule has 4 aromatic carbocycles. The van der Waals surface area contributed by atoms with Gasteiger partial charge in [0.1, 0.15) is 15.9 Å². The Morgan fingerprint density at radius 1 is 0.795 bits per heavy atom. The number of hydrogen-bond acceptors (Lipinski definition) is 5. The Bertz CT molecular complexity index is 1400. The minimum Gasteiger partial charge on any atom is -0.744 e. The Balaban J connectivity index is 0.000000255. The van der Waals surface area contributed by atoms with Gasteiger partial charge in [-0.3, -0.25) is 0 Å². The Kier molecular flexibility index (Phi) is 10.2. The van der Waals surface area contributed by atoms with Crippen LogP contribution in [-0.4, -0.2) is 19.3 Å². The molecule has 0 bridgehead atoms. The summed E-state index contributed by atoms with van der Waals surface area (Å²) in [5.41, 5.74) is -1.44. The molecular formula is C29H25F3O5S2. The summed E-state index contributed by atoms with van der Waals surface area (Å²) in [6, 6.07) is 32.6. The molecule has 204 valence electrons. The highest BCUT2D eigenvalue weighted by Gasteiger charge is 2.34. The van der Waals surface area contributed by atoms with Gasteiger partial charge >= 0.3 is 6.18 Å². The summed E-state index contributed by atoms with van der Waals surface area (Å²) in [5, 5.41) is 0. The van der Waals surface area contributed by atoms with Gasteiger partial charge < -0.3 is 14.0 Å². The maximum absolute atomic E-state index is 12.2. The molecule has 0 amide bonds. The van der Waals surface area contributed by atoms with Crippen LogP contribution in [0.4, 0.5) is 13.2 Å². The van der Waals surface area contributed by atoms with E-state index in [2.05, 4.69) is 67.2 Å². The molecule has 0 saturated heterocycles. The summed E-state index contributed by atoms with van der Waals surface area (Å²) in [7, 11) is -5.23. The lowest BCUT2D eigenvalue weighted by molar-refractivity contribution is -0.140. The van der Waals surface area contributed by atoms with Crippen molar-refractivity contribution in [2.45, 2.75) is 39.0 Å². The average Bonchev–Trinajstić information content (AvgIpc) is 2.91. The highest BCUT2D eigenvalue weighted by molar-refractivity contribution is 7.97. The molecule has 0 radical (unpaired) electrons. The number of halogens is 3. The van der Waals surface area contributed by atoms with Crippen molar-refractivity contribution in [1.82, 2.24) is 0 Å². The molecule has 4 aromatic rings. The van der Waals surface area contributed by atoms with Gasteiger partial charge in [-0.05, 0) is 60.7 Å². The minimum atomic E-state index is -5.09. The Morgan fingerprint density at radius 2 is 1.26 bits per heavy atom. The monoisotopic (exact) mass is 574 g/mol. The average molecular weight is 575 g/mol. The van der Waals surface area contributed by atoms with Crippen LogP contribution in [0.3, 0.4) is 0 Å². The largest absolute Gasteiger partial charge is 0.744 e. The van der Waals surface area contributed by atoms with Crippen molar-refractivity contribution in [1.29, 1.82) is 0 Å². The van der Waals surface area contributed by atoms with E-state index in [1.165, 1.54) is 20.9 Å². The van der Waals surface area contributed by atoms with E-state index in [9.17, 15) is 26.1 Å². The summed E-state index contributed by atoms with van der Waals surface area (Å²) in [5.74, 6) is 0.780. The van der Waals surface area contributed by atoms with Gasteiger partial charge in [-0.1, -0.05) is 55.1 Å². The van der Waals surface area contributed by atoms with Crippen LogP contribution in [-0.2, 0) is 31.9 Å². The van der Waals surface area contributed by atoms with E-state index in [0.29, 0.717) is 12.1 Å². The zero-order chi connectivity index (χ0) is 28.5. The van der Waals surface area contributed by atoms with Crippen LogP contribution < -0.4 is 4.74 Å². The Hall–Kier alpha value is -3.73. The lowest BCUT2D eigenvalue weighted by Crippen LogP contribution is -2.13. The van der Waals surface area contributed by atoms with Gasteiger partial charge in [0, 0.05) is 6.92 Å². The lowest BCUT2D eigenvalue weighted by Gasteiger charge is -2.14. The molecule has 0 aliphatic heterocycles. The molecule has 5 nitrogen and oxygen atoms in total. The van der Waals surface area contributed by atoms with Gasteiger partial charge in [0.2, 0.25) is 6.29 Å². The molecule has 0 aromatic heterocycles. The second-order valence-corrected chi connectivity index (χ2v) is 11.2. The predicted molar refractivity (Wildman–Crippen MR) is 142 cm³/mol. The second-order valence-electron chi connectivity index (χ2n) is 7.84. The Labute approximate surface area is 228 Å². The van der Waals surface area contributed by atoms with Crippen molar-refractivity contribution in [2.75, 3.05) is 0 Å². The maximum Gasteiger partial charge on any atom is 0.417 e. The standard InChI is InChI=1S/C22H21O2S.C7H5F3O3S/c1-3-23-18(2)24-19-14-16-22(17-15-19)25(20-10-6-4-7-11-20)21-12-8-5-9-13-21;8-7(9,10)5-3-1-2-4-6(5)14(11,12)13/h3-18H,1H2,2H3;1-4H,(H,11,12,13)/q+1;/p-1. The van der Waals surface area contributed by atoms with Gasteiger partial charge in [0.05, 0.1) is 27.6 Å². The van der Waals surface area contributed by atoms with E-state index in [-0.39, 0.29) is 17.2 Å². The van der Waals surface area contributed by atoms with Crippen molar-refractivity contribution in [3.8, 4) is 5.75 Å². The molecule has 1 atom stereocenters. The molecule has 0 fully saturated rings. The van der Waals surface area contributed by atoms with Crippen LogP contribution in [0.25, 0.3) is 0 Å². The first-order valence-electron chi connectivity index (χ1n) is 11.5. The zero-order valence-electron chi connectivity index (χ0n) is 20.7. The van der Waals surface area contributed by atoms with Crippen molar-refractivity contribution in [3.63, 3.8) is 0 Å². The fraction of sp³-hybridized carbons (Fsp3) is 0.103. The maximum atomic E-state index is 12.2. The van der Waals surface area contributed by atoms with Crippen LogP contribution in [0.1, 0.15) is 12.5 Å². The van der Waals surface area contributed by atoms with Gasteiger partial charge in [-0.25, -0.2) is 8.42 Å². The van der Waals surface area contributed by atoms with Crippen LogP contribution in [0.15, 0.2) is 142 Å². The van der Waals surface area contributed by atoms with E-state index < -0.39 is 26.8 Å². The molecule has 0 saturated carbocycles. The van der Waals surface area contributed by atoms with Crippen LogP contribution >= 0.6 is 0 Å².